The summed E-state index contributed by atoms with van der Waals surface area (Å²) in [6.07, 6.45) is 0. The fraction of sp³-hybridized carbons (Fsp3) is 0.417. The van der Waals surface area contributed by atoms with E-state index >= 15 is 0 Å². The molecule has 0 bridgehead atoms. The molecule has 1 atom stereocenters. The van der Waals surface area contributed by atoms with Crippen LogP contribution in [0.4, 0.5) is 0 Å². The number of hydrogen-bond acceptors (Lipinski definition) is 2. The summed E-state index contributed by atoms with van der Waals surface area (Å²) < 4.78 is 0. The van der Waals surface area contributed by atoms with Crippen LogP contribution in [0.1, 0.15) is 23.6 Å². The quantitative estimate of drug-likeness (QED) is 0.790. The Morgan fingerprint density at radius 2 is 2.14 bits per heavy atom. The van der Waals surface area contributed by atoms with Gasteiger partial charge in [-0.1, -0.05) is 23.8 Å². The van der Waals surface area contributed by atoms with Crippen LogP contribution in [0, 0.1) is 25.2 Å². The molecule has 0 saturated heterocycles. The Bertz CT molecular complexity index is 350. The first-order valence-electron chi connectivity index (χ1n) is 4.82. The molecular weight excluding hydrogens is 172 g/mol. The molecule has 0 spiro atoms. The molecule has 0 amide bonds. The monoisotopic (exact) mass is 188 g/mol. The van der Waals surface area contributed by atoms with Crippen LogP contribution in [-0.2, 0) is 6.54 Å². The molecule has 0 fully saturated rings. The zero-order valence-corrected chi connectivity index (χ0v) is 8.96. The fourth-order valence-corrected chi connectivity index (χ4v) is 1.35. The van der Waals surface area contributed by atoms with Crippen molar-refractivity contribution in [2.45, 2.75) is 33.4 Å². The maximum absolute atomic E-state index is 8.61. The van der Waals surface area contributed by atoms with E-state index in [0.717, 1.165) is 6.54 Å². The molecule has 1 aromatic carbocycles. The summed E-state index contributed by atoms with van der Waals surface area (Å²) in [5.41, 5.74) is 3.82. The fourth-order valence-electron chi connectivity index (χ4n) is 1.35. The van der Waals surface area contributed by atoms with Crippen molar-refractivity contribution in [1.29, 1.82) is 5.26 Å². The van der Waals surface area contributed by atoms with Crippen molar-refractivity contribution in [2.24, 2.45) is 0 Å². The van der Waals surface area contributed by atoms with Crippen LogP contribution in [0.2, 0.25) is 0 Å². The lowest BCUT2D eigenvalue weighted by Gasteiger charge is -2.09. The number of benzene rings is 1. The van der Waals surface area contributed by atoms with Crippen molar-refractivity contribution in [2.75, 3.05) is 0 Å². The molecule has 0 aliphatic rings. The van der Waals surface area contributed by atoms with E-state index in [1.165, 1.54) is 16.7 Å². The molecule has 0 saturated carbocycles. The first kappa shape index (κ1) is 10.7. The normalized spacial score (nSPS) is 12.1. The van der Waals surface area contributed by atoms with Gasteiger partial charge in [-0.25, -0.2) is 0 Å². The van der Waals surface area contributed by atoms with E-state index in [4.69, 9.17) is 5.26 Å². The second-order valence-corrected chi connectivity index (χ2v) is 3.66. The van der Waals surface area contributed by atoms with E-state index in [9.17, 15) is 0 Å². The summed E-state index contributed by atoms with van der Waals surface area (Å²) >= 11 is 0. The minimum atomic E-state index is -0.0873. The van der Waals surface area contributed by atoms with Gasteiger partial charge in [0.05, 0.1) is 12.1 Å². The van der Waals surface area contributed by atoms with Gasteiger partial charge in [0, 0.05) is 6.54 Å². The maximum Gasteiger partial charge on any atom is 0.0927 e. The van der Waals surface area contributed by atoms with Crippen molar-refractivity contribution in [1.82, 2.24) is 5.32 Å². The highest BCUT2D eigenvalue weighted by Crippen LogP contribution is 2.10. The summed E-state index contributed by atoms with van der Waals surface area (Å²) in [7, 11) is 0. The molecule has 1 aromatic rings. The van der Waals surface area contributed by atoms with Crippen LogP contribution >= 0.6 is 0 Å². The largest absolute Gasteiger partial charge is 0.298 e. The SMILES string of the molecule is Cc1ccc(CNC(C)C#N)c(C)c1. The van der Waals surface area contributed by atoms with Crippen LogP contribution in [0.15, 0.2) is 18.2 Å². The van der Waals surface area contributed by atoms with E-state index in [2.05, 4.69) is 43.4 Å². The van der Waals surface area contributed by atoms with Crippen LogP contribution in [0.5, 0.6) is 0 Å². The zero-order valence-electron chi connectivity index (χ0n) is 8.96. The standard InChI is InChI=1S/C12H16N2/c1-9-4-5-12(10(2)6-9)8-14-11(3)7-13/h4-6,11,14H,8H2,1-3H3. The number of nitrogens with one attached hydrogen (secondary N) is 1. The molecule has 1 rings (SSSR count). The molecule has 74 valence electrons. The average Bonchev–Trinajstić information content (AvgIpc) is 2.16. The Balaban J connectivity index is 2.64. The van der Waals surface area contributed by atoms with E-state index < -0.39 is 0 Å². The van der Waals surface area contributed by atoms with Gasteiger partial charge >= 0.3 is 0 Å². The van der Waals surface area contributed by atoms with Gasteiger partial charge in [-0.05, 0) is 31.9 Å². The Hall–Kier alpha value is -1.33. The lowest BCUT2D eigenvalue weighted by molar-refractivity contribution is 0.640. The summed E-state index contributed by atoms with van der Waals surface area (Å²) in [5, 5.41) is 11.8. The topological polar surface area (TPSA) is 35.8 Å². The third-order valence-electron chi connectivity index (χ3n) is 2.29. The molecule has 0 radical (unpaired) electrons. The van der Waals surface area contributed by atoms with Gasteiger partial charge in [0.25, 0.3) is 0 Å². The van der Waals surface area contributed by atoms with E-state index in [-0.39, 0.29) is 6.04 Å². The Kier molecular flexibility index (Phi) is 3.67. The highest BCUT2D eigenvalue weighted by Gasteiger charge is 2.01. The van der Waals surface area contributed by atoms with E-state index in [0.29, 0.717) is 0 Å². The van der Waals surface area contributed by atoms with Crippen molar-refractivity contribution >= 4 is 0 Å². The third kappa shape index (κ3) is 2.86. The average molecular weight is 188 g/mol. The molecule has 1 unspecified atom stereocenters. The molecule has 0 aliphatic heterocycles. The number of rotatable bonds is 3. The first-order valence-corrected chi connectivity index (χ1v) is 4.82. The Morgan fingerprint density at radius 1 is 1.43 bits per heavy atom. The second kappa shape index (κ2) is 4.78. The van der Waals surface area contributed by atoms with Gasteiger partial charge in [-0.15, -0.1) is 0 Å². The van der Waals surface area contributed by atoms with Gasteiger partial charge in [0.1, 0.15) is 0 Å². The van der Waals surface area contributed by atoms with Gasteiger partial charge < -0.3 is 0 Å². The van der Waals surface area contributed by atoms with Gasteiger partial charge in [-0.3, -0.25) is 5.32 Å². The third-order valence-corrected chi connectivity index (χ3v) is 2.29. The lowest BCUT2D eigenvalue weighted by atomic mass is 10.1. The van der Waals surface area contributed by atoms with Crippen LogP contribution < -0.4 is 5.32 Å². The van der Waals surface area contributed by atoms with Gasteiger partial charge in [0.15, 0.2) is 0 Å². The minimum absolute atomic E-state index is 0.0873. The molecule has 14 heavy (non-hydrogen) atoms. The van der Waals surface area contributed by atoms with Crippen molar-refractivity contribution < 1.29 is 0 Å². The Morgan fingerprint density at radius 3 is 2.71 bits per heavy atom. The van der Waals surface area contributed by atoms with Crippen molar-refractivity contribution in [3.05, 3.63) is 34.9 Å². The predicted molar refractivity (Wildman–Crippen MR) is 57.8 cm³/mol. The maximum atomic E-state index is 8.61. The Labute approximate surface area is 85.6 Å². The summed E-state index contributed by atoms with van der Waals surface area (Å²) in [6.45, 7) is 6.81. The minimum Gasteiger partial charge on any atom is -0.298 e. The lowest BCUT2D eigenvalue weighted by Crippen LogP contribution is -2.23. The molecule has 0 aliphatic carbocycles. The smallest absolute Gasteiger partial charge is 0.0927 e. The number of nitriles is 1. The molecule has 1 N–H and O–H groups in total. The van der Waals surface area contributed by atoms with Crippen LogP contribution in [-0.4, -0.2) is 6.04 Å². The first-order chi connectivity index (χ1) is 6.63. The molecule has 0 aromatic heterocycles. The van der Waals surface area contributed by atoms with Crippen molar-refractivity contribution in [3.8, 4) is 6.07 Å². The van der Waals surface area contributed by atoms with Gasteiger partial charge in [0.2, 0.25) is 0 Å². The summed E-state index contributed by atoms with van der Waals surface area (Å²) in [5.74, 6) is 0. The number of hydrogen-bond donors (Lipinski definition) is 1. The second-order valence-electron chi connectivity index (χ2n) is 3.66. The van der Waals surface area contributed by atoms with E-state index in [1.807, 2.05) is 6.92 Å². The van der Waals surface area contributed by atoms with Crippen LogP contribution in [0.25, 0.3) is 0 Å². The molecule has 0 heterocycles. The van der Waals surface area contributed by atoms with Crippen molar-refractivity contribution in [3.63, 3.8) is 0 Å². The molecule has 2 heteroatoms. The van der Waals surface area contributed by atoms with Crippen LogP contribution in [0.3, 0.4) is 0 Å². The summed E-state index contributed by atoms with van der Waals surface area (Å²) in [4.78, 5) is 0. The number of nitrogens with zero attached hydrogens (tertiary/aromatic N) is 1. The zero-order chi connectivity index (χ0) is 10.6. The number of aryl methyl sites for hydroxylation is 2. The summed E-state index contributed by atoms with van der Waals surface area (Å²) in [6, 6.07) is 8.44. The van der Waals surface area contributed by atoms with E-state index in [1.54, 1.807) is 0 Å². The highest BCUT2D eigenvalue weighted by molar-refractivity contribution is 5.30. The molecule has 2 nitrogen and oxygen atoms in total. The molecular formula is C12H16N2. The predicted octanol–water partition coefficient (Wildman–Crippen LogP) is 2.31. The van der Waals surface area contributed by atoms with Gasteiger partial charge in [-0.2, -0.15) is 5.26 Å². The highest BCUT2D eigenvalue weighted by atomic mass is 14.9.